The van der Waals surface area contributed by atoms with E-state index < -0.39 is 60.1 Å². The van der Waals surface area contributed by atoms with Crippen molar-refractivity contribution in [1.82, 2.24) is 19.1 Å². The van der Waals surface area contributed by atoms with E-state index in [9.17, 15) is 49.8 Å². The van der Waals surface area contributed by atoms with Gasteiger partial charge in [-0.2, -0.15) is 0 Å². The zero-order valence-corrected chi connectivity index (χ0v) is 34.5. The number of imidazole rings is 2. The highest BCUT2D eigenvalue weighted by atomic mass is 16.5. The first-order valence-electron chi connectivity index (χ1n) is 19.7. The van der Waals surface area contributed by atoms with E-state index in [1.54, 1.807) is 64.7 Å². The summed E-state index contributed by atoms with van der Waals surface area (Å²) in [6, 6.07) is 2.95. The van der Waals surface area contributed by atoms with Crippen molar-refractivity contribution in [2.24, 2.45) is 18.9 Å². The molecule has 0 bridgehead atoms. The molecular weight excluding hydrogens is 776 g/mol. The standard InChI is InChI=1S/2C22H26N2O6/c1-11-8-9-17(26)21(28)16(25)7-5-6-14-19(22(29)30-12(11)2)18(27)10-15-20(14)23-13(3)24(15)4;1-4-24-11-23-20-14-6-5-7-16(25)21(28)17(26)9-8-12(2)13(3)30-22(29)19(14)18(27)10-15(20)24/h5-6,8-12,16,21,25,27-28H,7H2,1-4H3;5-6,8-13,16,21,25,27-28H,4,7H2,1-3H3/b2*6-5+,9-8-/t11-,12+,16+,21+;12-,13+,16+,21+/m11/s1. The summed E-state index contributed by atoms with van der Waals surface area (Å²) in [7, 11) is 1.80. The molecule has 2 aromatic heterocycles. The summed E-state index contributed by atoms with van der Waals surface area (Å²) in [6.07, 6.45) is 6.10. The third kappa shape index (κ3) is 9.57. The molecule has 4 heterocycles. The second-order valence-corrected chi connectivity index (χ2v) is 15.1. The number of fused-ring (bicyclic) bond motifs is 6. The Hall–Kier alpha value is -5.94. The number of carbonyl (C=O) groups excluding carboxylic acids is 4. The fraction of sp³-hybridized carbons (Fsp3) is 0.409. The minimum absolute atomic E-state index is 0.0219. The summed E-state index contributed by atoms with van der Waals surface area (Å²) in [4.78, 5) is 58.9. The molecule has 2 aliphatic rings. The number of phenolic OH excluding ortho intramolecular Hbond substituents is 2. The molecule has 8 atom stereocenters. The number of aliphatic hydroxyl groups excluding tert-OH is 4. The molecule has 4 aromatic rings. The van der Waals surface area contributed by atoms with Gasteiger partial charge in [0.25, 0.3) is 0 Å². The molecule has 60 heavy (non-hydrogen) atoms. The van der Waals surface area contributed by atoms with Crippen LogP contribution in [0.1, 0.15) is 85.1 Å². The van der Waals surface area contributed by atoms with Gasteiger partial charge in [-0.1, -0.05) is 50.3 Å². The average molecular weight is 829 g/mol. The molecule has 0 aliphatic carbocycles. The fourth-order valence-electron chi connectivity index (χ4n) is 6.62. The van der Waals surface area contributed by atoms with Crippen LogP contribution in [0.25, 0.3) is 34.2 Å². The van der Waals surface area contributed by atoms with Crippen LogP contribution >= 0.6 is 0 Å². The minimum atomic E-state index is -1.57. The predicted octanol–water partition coefficient (Wildman–Crippen LogP) is 4.24. The zero-order chi connectivity index (χ0) is 44.2. The molecule has 2 aliphatic heterocycles. The maximum atomic E-state index is 12.9. The summed E-state index contributed by atoms with van der Waals surface area (Å²) in [6.45, 7) is 11.2. The lowest BCUT2D eigenvalue weighted by molar-refractivity contribution is -0.128. The summed E-state index contributed by atoms with van der Waals surface area (Å²) in [5, 5.41) is 61.7. The van der Waals surface area contributed by atoms with E-state index in [1.165, 1.54) is 48.6 Å². The predicted molar refractivity (Wildman–Crippen MR) is 222 cm³/mol. The topological polar surface area (TPSA) is 244 Å². The van der Waals surface area contributed by atoms with Crippen LogP contribution in [-0.2, 0) is 32.7 Å². The quantitative estimate of drug-likeness (QED) is 0.147. The number of aromatic hydroxyl groups is 2. The number of rotatable bonds is 1. The Kier molecular flexibility index (Phi) is 14.3. The third-order valence-corrected chi connectivity index (χ3v) is 10.9. The molecule has 16 nitrogen and oxygen atoms in total. The van der Waals surface area contributed by atoms with Crippen molar-refractivity contribution in [2.45, 2.75) is 97.6 Å². The van der Waals surface area contributed by atoms with Crippen molar-refractivity contribution >= 4 is 57.7 Å². The van der Waals surface area contributed by atoms with Gasteiger partial charge < -0.3 is 49.2 Å². The van der Waals surface area contributed by atoms with Crippen molar-refractivity contribution in [3.63, 3.8) is 0 Å². The Labute approximate surface area is 346 Å². The van der Waals surface area contributed by atoms with Crippen LogP contribution in [-0.4, -0.2) is 110 Å². The van der Waals surface area contributed by atoms with E-state index in [4.69, 9.17) is 9.47 Å². The van der Waals surface area contributed by atoms with Crippen LogP contribution in [0.15, 0.2) is 54.9 Å². The van der Waals surface area contributed by atoms with E-state index in [0.29, 0.717) is 45.6 Å². The molecule has 16 heteroatoms. The maximum Gasteiger partial charge on any atom is 0.342 e. The molecule has 0 saturated heterocycles. The van der Waals surface area contributed by atoms with Gasteiger partial charge in [0.05, 0.1) is 40.6 Å². The first-order chi connectivity index (χ1) is 28.4. The van der Waals surface area contributed by atoms with Gasteiger partial charge >= 0.3 is 11.9 Å². The minimum Gasteiger partial charge on any atom is -0.507 e. The number of ether oxygens (including phenoxy) is 2. The number of cyclic esters (lactones) is 2. The number of hydrogen-bond acceptors (Lipinski definition) is 14. The van der Waals surface area contributed by atoms with E-state index in [1.807, 2.05) is 11.5 Å². The SMILES string of the molecule is CCn1cnc2c3c(c(O)cc21)C(=O)O[C@@H](C)[C@H](C)/C=C\C(=O)[C@@H](O)[C@@H](O)C/C=C/3.Cc1nc2c3c(c(O)cc2n1C)C(=O)O[C@@H](C)[C@H](C)/C=C\C(=O)[C@@H](O)[C@@H](O)C/C=C/3. The van der Waals surface area contributed by atoms with E-state index in [0.717, 1.165) is 0 Å². The van der Waals surface area contributed by atoms with Crippen LogP contribution in [0.5, 0.6) is 11.5 Å². The van der Waals surface area contributed by atoms with Gasteiger partial charge in [0.15, 0.2) is 11.6 Å². The molecule has 320 valence electrons. The molecule has 6 rings (SSSR count). The van der Waals surface area contributed by atoms with Crippen molar-refractivity contribution in [2.75, 3.05) is 0 Å². The number of aryl methyl sites for hydroxylation is 3. The van der Waals surface area contributed by atoms with Gasteiger partial charge in [0.1, 0.15) is 52.9 Å². The summed E-state index contributed by atoms with van der Waals surface area (Å²) < 4.78 is 14.7. The Bertz CT molecular complexity index is 2410. The van der Waals surface area contributed by atoms with Gasteiger partial charge in [-0.3, -0.25) is 9.59 Å². The molecule has 6 N–H and O–H groups in total. The normalized spacial score (nSPS) is 27.9. The van der Waals surface area contributed by atoms with Crippen molar-refractivity contribution in [3.8, 4) is 11.5 Å². The highest BCUT2D eigenvalue weighted by molar-refractivity contribution is 6.05. The van der Waals surface area contributed by atoms with Gasteiger partial charge in [0.2, 0.25) is 0 Å². The summed E-state index contributed by atoms with van der Waals surface area (Å²) in [5.74, 6) is -3.15. The van der Waals surface area contributed by atoms with Crippen molar-refractivity contribution in [1.29, 1.82) is 0 Å². The lowest BCUT2D eigenvalue weighted by atomic mass is 9.99. The summed E-state index contributed by atoms with van der Waals surface area (Å²) in [5.41, 5.74) is 2.91. The number of aliphatic hydroxyl groups is 4. The second kappa shape index (κ2) is 19.0. The van der Waals surface area contributed by atoms with Gasteiger partial charge in [-0.25, -0.2) is 19.6 Å². The molecule has 0 amide bonds. The van der Waals surface area contributed by atoms with E-state index in [-0.39, 0.29) is 47.3 Å². The highest BCUT2D eigenvalue weighted by Crippen LogP contribution is 2.34. The van der Waals surface area contributed by atoms with Crippen LogP contribution in [0.3, 0.4) is 0 Å². The first kappa shape index (κ1) is 45.1. The Morgan fingerprint density at radius 1 is 0.700 bits per heavy atom. The second-order valence-electron chi connectivity index (χ2n) is 15.1. The van der Waals surface area contributed by atoms with Crippen LogP contribution < -0.4 is 0 Å². The van der Waals surface area contributed by atoms with E-state index >= 15 is 0 Å². The third-order valence-electron chi connectivity index (χ3n) is 10.9. The number of nitrogens with zero attached hydrogens (tertiary/aromatic N) is 4. The number of benzene rings is 2. The first-order valence-corrected chi connectivity index (χ1v) is 19.7. The van der Waals surface area contributed by atoms with Crippen LogP contribution in [0.2, 0.25) is 0 Å². The smallest absolute Gasteiger partial charge is 0.342 e. The van der Waals surface area contributed by atoms with Crippen LogP contribution in [0.4, 0.5) is 0 Å². The number of phenols is 2. The number of ketones is 2. The highest BCUT2D eigenvalue weighted by Gasteiger charge is 2.29. The zero-order valence-electron chi connectivity index (χ0n) is 34.5. The van der Waals surface area contributed by atoms with Crippen molar-refractivity contribution < 1.29 is 59.3 Å². The van der Waals surface area contributed by atoms with Gasteiger partial charge in [-0.05, 0) is 52.7 Å². The molecule has 0 unspecified atom stereocenters. The van der Waals surface area contributed by atoms with Crippen LogP contribution in [0, 0.1) is 18.8 Å². The molecule has 0 fully saturated rings. The van der Waals surface area contributed by atoms with Gasteiger partial charge in [0, 0.05) is 48.7 Å². The maximum absolute atomic E-state index is 12.9. The molecule has 0 spiro atoms. The monoisotopic (exact) mass is 828 g/mol. The number of carbonyl (C=O) groups is 4. The van der Waals surface area contributed by atoms with Crippen molar-refractivity contribution in [3.05, 3.63) is 83.0 Å². The number of aromatic nitrogens is 4. The number of esters is 2. The number of hydrogen-bond donors (Lipinski definition) is 6. The molecular formula is C44H52N4O12. The molecule has 0 radical (unpaired) electrons. The lowest BCUT2D eigenvalue weighted by Gasteiger charge is -2.20. The largest absolute Gasteiger partial charge is 0.507 e. The Morgan fingerprint density at radius 3 is 1.62 bits per heavy atom. The molecule has 0 saturated carbocycles. The van der Waals surface area contributed by atoms with E-state index in [2.05, 4.69) is 9.97 Å². The van der Waals surface area contributed by atoms with Gasteiger partial charge in [-0.15, -0.1) is 0 Å². The Balaban J connectivity index is 0.000000228. The Morgan fingerprint density at radius 2 is 1.15 bits per heavy atom. The summed E-state index contributed by atoms with van der Waals surface area (Å²) >= 11 is 0. The molecule has 2 aromatic carbocycles. The fourth-order valence-corrected chi connectivity index (χ4v) is 6.62. The average Bonchev–Trinajstić information content (AvgIpc) is 3.75. The lowest BCUT2D eigenvalue weighted by Crippen LogP contribution is -2.32.